The van der Waals surface area contributed by atoms with Crippen LogP contribution in [0, 0.1) is 0 Å². The Hall–Kier alpha value is -2.28. The minimum absolute atomic E-state index is 0.00620. The second-order valence-corrected chi connectivity index (χ2v) is 10.6. The van der Waals surface area contributed by atoms with Crippen molar-refractivity contribution in [2.45, 2.75) is 38.1 Å². The molecule has 0 aromatic heterocycles. The van der Waals surface area contributed by atoms with Crippen molar-refractivity contribution in [1.29, 1.82) is 0 Å². The van der Waals surface area contributed by atoms with E-state index in [2.05, 4.69) is 4.90 Å². The lowest BCUT2D eigenvalue weighted by Crippen LogP contribution is -2.50. The lowest BCUT2D eigenvalue weighted by Gasteiger charge is -2.39. The largest absolute Gasteiger partial charge is 0.341 e. The second-order valence-electron chi connectivity index (χ2n) is 9.75. The molecule has 0 aliphatic carbocycles. The molecule has 2 aromatic rings. The number of benzene rings is 2. The van der Waals surface area contributed by atoms with Gasteiger partial charge in [0.1, 0.15) is 0 Å². The van der Waals surface area contributed by atoms with E-state index in [-0.39, 0.29) is 23.9 Å². The molecule has 1 aliphatic rings. The first-order chi connectivity index (χ1) is 17.2. The highest BCUT2D eigenvalue weighted by Crippen LogP contribution is 2.30. The Kier molecular flexibility index (Phi) is 10.5. The number of amides is 3. The molecule has 36 heavy (non-hydrogen) atoms. The van der Waals surface area contributed by atoms with Crippen LogP contribution in [0.15, 0.2) is 48.5 Å². The SMILES string of the molecule is CCN(C(=O)N(C)C)C1CCN(CCC(CN(C)C(=O)c2ccccc2)c2ccc(Cl)c(Cl)c2)CC1. The van der Waals surface area contributed by atoms with Gasteiger partial charge in [-0.1, -0.05) is 47.5 Å². The first-order valence-corrected chi connectivity index (χ1v) is 13.4. The van der Waals surface area contributed by atoms with Crippen molar-refractivity contribution < 1.29 is 9.59 Å². The first kappa shape index (κ1) is 28.3. The van der Waals surface area contributed by atoms with Gasteiger partial charge in [0.05, 0.1) is 10.0 Å². The van der Waals surface area contributed by atoms with Crippen LogP contribution in [0.2, 0.25) is 10.0 Å². The van der Waals surface area contributed by atoms with Gasteiger partial charge in [-0.05, 0) is 62.6 Å². The molecule has 196 valence electrons. The number of likely N-dealkylation sites (N-methyl/N-ethyl adjacent to an activating group) is 1. The summed E-state index contributed by atoms with van der Waals surface area (Å²) < 4.78 is 0. The van der Waals surface area contributed by atoms with Gasteiger partial charge in [0.25, 0.3) is 5.91 Å². The monoisotopic (exact) mass is 532 g/mol. The number of likely N-dealkylation sites (tertiary alicyclic amines) is 1. The highest BCUT2D eigenvalue weighted by molar-refractivity contribution is 6.42. The molecule has 3 amide bonds. The highest BCUT2D eigenvalue weighted by Gasteiger charge is 2.28. The van der Waals surface area contributed by atoms with E-state index in [9.17, 15) is 9.59 Å². The van der Waals surface area contributed by atoms with Crippen LogP contribution in [-0.4, -0.2) is 91.4 Å². The highest BCUT2D eigenvalue weighted by atomic mass is 35.5. The number of carbonyl (C=O) groups excluding carboxylic acids is 2. The summed E-state index contributed by atoms with van der Waals surface area (Å²) in [5.41, 5.74) is 1.77. The van der Waals surface area contributed by atoms with E-state index in [1.54, 1.807) is 9.80 Å². The maximum absolute atomic E-state index is 13.0. The summed E-state index contributed by atoms with van der Waals surface area (Å²) >= 11 is 12.5. The summed E-state index contributed by atoms with van der Waals surface area (Å²) in [5.74, 6) is 0.129. The molecule has 3 rings (SSSR count). The molecule has 1 atom stereocenters. The van der Waals surface area contributed by atoms with Crippen molar-refractivity contribution in [3.05, 3.63) is 69.7 Å². The Labute approximate surface area is 225 Å². The molecule has 8 heteroatoms. The van der Waals surface area contributed by atoms with Gasteiger partial charge in [0, 0.05) is 64.8 Å². The molecule has 1 heterocycles. The van der Waals surface area contributed by atoms with E-state index in [0.717, 1.165) is 51.0 Å². The molecule has 0 N–H and O–H groups in total. The molecule has 2 aromatic carbocycles. The number of hydrogen-bond acceptors (Lipinski definition) is 3. The van der Waals surface area contributed by atoms with Crippen LogP contribution in [0.5, 0.6) is 0 Å². The molecule has 1 aliphatic heterocycles. The second kappa shape index (κ2) is 13.3. The quantitative estimate of drug-likeness (QED) is 0.415. The molecule has 1 fully saturated rings. The summed E-state index contributed by atoms with van der Waals surface area (Å²) in [5, 5.41) is 1.06. The normalized spacial score (nSPS) is 15.4. The number of nitrogens with zero attached hydrogens (tertiary/aromatic N) is 4. The third kappa shape index (κ3) is 7.37. The van der Waals surface area contributed by atoms with Crippen LogP contribution >= 0.6 is 23.2 Å². The summed E-state index contributed by atoms with van der Waals surface area (Å²) in [4.78, 5) is 33.4. The van der Waals surface area contributed by atoms with Crippen LogP contribution in [0.4, 0.5) is 4.79 Å². The minimum atomic E-state index is 0.00620. The lowest BCUT2D eigenvalue weighted by atomic mass is 9.94. The number of carbonyl (C=O) groups is 2. The maximum Gasteiger partial charge on any atom is 0.319 e. The minimum Gasteiger partial charge on any atom is -0.341 e. The number of hydrogen-bond donors (Lipinski definition) is 0. The van der Waals surface area contributed by atoms with E-state index >= 15 is 0 Å². The van der Waals surface area contributed by atoms with Crippen LogP contribution in [0.1, 0.15) is 48.0 Å². The molecule has 0 bridgehead atoms. The van der Waals surface area contributed by atoms with Crippen molar-refractivity contribution in [3.8, 4) is 0 Å². The predicted molar refractivity (Wildman–Crippen MR) is 148 cm³/mol. The molecule has 1 saturated heterocycles. The van der Waals surface area contributed by atoms with Gasteiger partial charge < -0.3 is 19.6 Å². The zero-order valence-electron chi connectivity index (χ0n) is 21.8. The third-order valence-corrected chi connectivity index (χ3v) is 7.78. The molecule has 0 spiro atoms. The smallest absolute Gasteiger partial charge is 0.319 e. The summed E-state index contributed by atoms with van der Waals surface area (Å²) in [6, 6.07) is 15.5. The van der Waals surface area contributed by atoms with Crippen molar-refractivity contribution in [2.75, 3.05) is 53.9 Å². The van der Waals surface area contributed by atoms with E-state index < -0.39 is 0 Å². The van der Waals surface area contributed by atoms with Gasteiger partial charge in [-0.25, -0.2) is 4.79 Å². The number of rotatable bonds is 9. The predicted octanol–water partition coefficient (Wildman–Crippen LogP) is 5.71. The standard InChI is InChI=1S/C28H38Cl2N4O2/c1-5-34(28(36)31(2)3)24-14-17-33(18-15-24)16-13-23(22-11-12-25(29)26(30)19-22)20-32(4)27(35)21-9-7-6-8-10-21/h6-12,19,23-24H,5,13-18,20H2,1-4H3. The Balaban J connectivity index is 1.64. The maximum atomic E-state index is 13.0. The molecule has 0 saturated carbocycles. The van der Waals surface area contributed by atoms with Crippen LogP contribution < -0.4 is 0 Å². The van der Waals surface area contributed by atoms with Gasteiger partial charge in [-0.3, -0.25) is 4.79 Å². The number of halogens is 2. The molecular weight excluding hydrogens is 495 g/mol. The van der Waals surface area contributed by atoms with Crippen molar-refractivity contribution in [3.63, 3.8) is 0 Å². The Morgan fingerprint density at radius 2 is 1.67 bits per heavy atom. The topological polar surface area (TPSA) is 47.1 Å². The van der Waals surface area contributed by atoms with E-state index in [4.69, 9.17) is 23.2 Å². The van der Waals surface area contributed by atoms with Crippen molar-refractivity contribution in [2.24, 2.45) is 0 Å². The van der Waals surface area contributed by atoms with E-state index in [1.807, 2.05) is 81.5 Å². The molecular formula is C28H38Cl2N4O2. The fraction of sp³-hybridized carbons (Fsp3) is 0.500. The van der Waals surface area contributed by atoms with Gasteiger partial charge in [-0.2, -0.15) is 0 Å². The fourth-order valence-electron chi connectivity index (χ4n) is 4.94. The fourth-order valence-corrected chi connectivity index (χ4v) is 5.25. The van der Waals surface area contributed by atoms with Crippen molar-refractivity contribution >= 4 is 35.1 Å². The summed E-state index contributed by atoms with van der Waals surface area (Å²) in [7, 11) is 5.47. The van der Waals surface area contributed by atoms with Crippen LogP contribution in [-0.2, 0) is 0 Å². The number of urea groups is 1. The Morgan fingerprint density at radius 1 is 1.00 bits per heavy atom. The Morgan fingerprint density at radius 3 is 2.25 bits per heavy atom. The zero-order valence-corrected chi connectivity index (χ0v) is 23.3. The van der Waals surface area contributed by atoms with Gasteiger partial charge in [0.2, 0.25) is 0 Å². The van der Waals surface area contributed by atoms with Crippen LogP contribution in [0.25, 0.3) is 0 Å². The Bertz CT molecular complexity index is 1010. The first-order valence-electron chi connectivity index (χ1n) is 12.7. The average molecular weight is 534 g/mol. The summed E-state index contributed by atoms with van der Waals surface area (Å²) in [6.07, 6.45) is 2.83. The van der Waals surface area contributed by atoms with Gasteiger partial charge >= 0.3 is 6.03 Å². The lowest BCUT2D eigenvalue weighted by molar-refractivity contribution is 0.0778. The van der Waals surface area contributed by atoms with E-state index in [0.29, 0.717) is 22.2 Å². The van der Waals surface area contributed by atoms with Crippen molar-refractivity contribution in [1.82, 2.24) is 19.6 Å². The third-order valence-electron chi connectivity index (χ3n) is 7.04. The van der Waals surface area contributed by atoms with E-state index in [1.165, 1.54) is 0 Å². The van der Waals surface area contributed by atoms with Crippen LogP contribution in [0.3, 0.4) is 0 Å². The summed E-state index contributed by atoms with van der Waals surface area (Å²) in [6.45, 7) is 6.18. The molecule has 1 unspecified atom stereocenters. The molecule has 0 radical (unpaired) electrons. The average Bonchev–Trinajstić information content (AvgIpc) is 2.89. The van der Waals surface area contributed by atoms with Gasteiger partial charge in [0.15, 0.2) is 0 Å². The molecule has 6 nitrogen and oxygen atoms in total. The van der Waals surface area contributed by atoms with Gasteiger partial charge in [-0.15, -0.1) is 0 Å². The zero-order chi connectivity index (χ0) is 26.2. The number of piperidine rings is 1.